The van der Waals surface area contributed by atoms with Crippen LogP contribution in [0.3, 0.4) is 0 Å². The summed E-state index contributed by atoms with van der Waals surface area (Å²) in [5, 5.41) is 13.2. The van der Waals surface area contributed by atoms with Crippen molar-refractivity contribution in [2.45, 2.75) is 31.3 Å². The zero-order valence-electron chi connectivity index (χ0n) is 16.1. The standard InChI is InChI=1S/C20H17N7O3/c1-25-10-22-18-17(25)19(28)26(11-23-18)9-16-24-27(20(29)30-16)15-6-14(7-15)13-4-2-12(8-21)3-5-13/h2-5,10-11,14-15H,6-7,9H2,1H3/t14-,15-. The maximum absolute atomic E-state index is 12.6. The van der Waals surface area contributed by atoms with Crippen LogP contribution in [0.2, 0.25) is 0 Å². The Balaban J connectivity index is 1.33. The van der Waals surface area contributed by atoms with Crippen molar-refractivity contribution in [3.8, 4) is 6.07 Å². The molecular weight excluding hydrogens is 386 g/mol. The first-order chi connectivity index (χ1) is 14.5. The van der Waals surface area contributed by atoms with Gasteiger partial charge in [-0.25, -0.2) is 14.8 Å². The lowest BCUT2D eigenvalue weighted by molar-refractivity contribution is 0.233. The van der Waals surface area contributed by atoms with Crippen molar-refractivity contribution in [3.05, 3.63) is 74.8 Å². The van der Waals surface area contributed by atoms with E-state index in [2.05, 4.69) is 21.1 Å². The Morgan fingerprint density at radius 1 is 1.17 bits per heavy atom. The second-order valence-electron chi connectivity index (χ2n) is 7.47. The van der Waals surface area contributed by atoms with Crippen LogP contribution in [0.15, 0.2) is 50.9 Å². The van der Waals surface area contributed by atoms with E-state index in [1.54, 1.807) is 23.7 Å². The van der Waals surface area contributed by atoms with Gasteiger partial charge in [-0.3, -0.25) is 9.36 Å². The molecule has 0 saturated heterocycles. The van der Waals surface area contributed by atoms with Crippen molar-refractivity contribution in [1.82, 2.24) is 28.9 Å². The summed E-state index contributed by atoms with van der Waals surface area (Å²) in [4.78, 5) is 33.1. The average Bonchev–Trinajstić information content (AvgIpc) is 3.26. The van der Waals surface area contributed by atoms with E-state index in [-0.39, 0.29) is 24.0 Å². The number of imidazole rings is 1. The SMILES string of the molecule is Cn1cnc2ncn(Cc3nn([C@H]4C[C@H](c5ccc(C#N)cc5)C4)c(=O)o3)c(=O)c21. The van der Waals surface area contributed by atoms with E-state index < -0.39 is 5.76 Å². The number of nitrogens with zero attached hydrogens (tertiary/aromatic N) is 7. The average molecular weight is 403 g/mol. The quantitative estimate of drug-likeness (QED) is 0.503. The molecule has 0 spiro atoms. The number of rotatable bonds is 4. The number of aromatic nitrogens is 6. The molecule has 0 radical (unpaired) electrons. The Hall–Kier alpha value is -4.00. The van der Waals surface area contributed by atoms with Crippen LogP contribution in [0.1, 0.15) is 41.8 Å². The minimum atomic E-state index is -0.532. The molecule has 0 aliphatic heterocycles. The van der Waals surface area contributed by atoms with Gasteiger partial charge in [0, 0.05) is 7.05 Å². The van der Waals surface area contributed by atoms with Gasteiger partial charge in [0.15, 0.2) is 11.2 Å². The minimum absolute atomic E-state index is 0.0148. The maximum Gasteiger partial charge on any atom is 0.437 e. The largest absolute Gasteiger partial charge is 0.437 e. The van der Waals surface area contributed by atoms with Gasteiger partial charge < -0.3 is 8.98 Å². The van der Waals surface area contributed by atoms with Gasteiger partial charge >= 0.3 is 5.76 Å². The predicted octanol–water partition coefficient (Wildman–Crippen LogP) is 1.32. The van der Waals surface area contributed by atoms with Gasteiger partial charge in [0.25, 0.3) is 5.56 Å². The lowest BCUT2D eigenvalue weighted by Gasteiger charge is -2.34. The molecule has 10 heteroatoms. The van der Waals surface area contributed by atoms with Crippen molar-refractivity contribution in [2.24, 2.45) is 7.05 Å². The molecule has 3 heterocycles. The molecule has 1 saturated carbocycles. The van der Waals surface area contributed by atoms with E-state index in [1.807, 2.05) is 12.1 Å². The minimum Gasteiger partial charge on any atom is -0.390 e. The van der Waals surface area contributed by atoms with Crippen molar-refractivity contribution in [1.29, 1.82) is 5.26 Å². The number of hydrogen-bond acceptors (Lipinski definition) is 7. The summed E-state index contributed by atoms with van der Waals surface area (Å²) in [7, 11) is 1.72. The Morgan fingerprint density at radius 3 is 2.63 bits per heavy atom. The second kappa shape index (κ2) is 6.81. The molecular formula is C20H17N7O3. The van der Waals surface area contributed by atoms with Gasteiger partial charge in [0.05, 0.1) is 24.0 Å². The zero-order valence-corrected chi connectivity index (χ0v) is 16.1. The molecule has 5 rings (SSSR count). The van der Waals surface area contributed by atoms with Crippen LogP contribution >= 0.6 is 0 Å². The van der Waals surface area contributed by atoms with Crippen LogP contribution in [0, 0.1) is 11.3 Å². The van der Waals surface area contributed by atoms with Gasteiger partial charge in [0.2, 0.25) is 5.89 Å². The molecule has 3 aromatic heterocycles. The van der Waals surface area contributed by atoms with E-state index in [1.165, 1.54) is 21.9 Å². The number of benzene rings is 1. The van der Waals surface area contributed by atoms with Crippen molar-refractivity contribution in [3.63, 3.8) is 0 Å². The van der Waals surface area contributed by atoms with Crippen LogP contribution < -0.4 is 11.3 Å². The smallest absolute Gasteiger partial charge is 0.390 e. The summed E-state index contributed by atoms with van der Waals surface area (Å²) in [5.41, 5.74) is 2.24. The molecule has 1 fully saturated rings. The van der Waals surface area contributed by atoms with E-state index in [0.717, 1.165) is 18.4 Å². The summed E-state index contributed by atoms with van der Waals surface area (Å²) < 4.78 is 9.59. The number of fused-ring (bicyclic) bond motifs is 1. The summed E-state index contributed by atoms with van der Waals surface area (Å²) in [5.74, 6) is -0.0583. The Bertz CT molecular complexity index is 1400. The fourth-order valence-electron chi connectivity index (χ4n) is 3.84. The number of hydrogen-bond donors (Lipinski definition) is 0. The monoisotopic (exact) mass is 403 g/mol. The fraction of sp³-hybridized carbons (Fsp3) is 0.300. The third-order valence-electron chi connectivity index (χ3n) is 5.59. The fourth-order valence-corrected chi connectivity index (χ4v) is 3.84. The van der Waals surface area contributed by atoms with Crippen LogP contribution in [0.25, 0.3) is 11.2 Å². The van der Waals surface area contributed by atoms with E-state index in [4.69, 9.17) is 9.68 Å². The summed E-state index contributed by atoms with van der Waals surface area (Å²) in [6.07, 6.45) is 4.43. The van der Waals surface area contributed by atoms with Crippen molar-refractivity contribution in [2.75, 3.05) is 0 Å². The summed E-state index contributed by atoms with van der Waals surface area (Å²) in [6.45, 7) is 0.0148. The molecule has 1 aliphatic carbocycles. The first kappa shape index (κ1) is 18.1. The number of aryl methyl sites for hydroxylation is 1. The highest BCUT2D eigenvalue weighted by Crippen LogP contribution is 2.43. The molecule has 150 valence electrons. The predicted molar refractivity (Wildman–Crippen MR) is 105 cm³/mol. The maximum atomic E-state index is 12.6. The highest BCUT2D eigenvalue weighted by atomic mass is 16.4. The van der Waals surface area contributed by atoms with E-state index >= 15 is 0 Å². The van der Waals surface area contributed by atoms with Crippen LogP contribution in [0.4, 0.5) is 0 Å². The summed E-state index contributed by atoms with van der Waals surface area (Å²) in [6, 6.07) is 9.55. The van der Waals surface area contributed by atoms with Crippen molar-refractivity contribution < 1.29 is 4.42 Å². The molecule has 0 unspecified atom stereocenters. The molecule has 0 N–H and O–H groups in total. The Labute approximate surface area is 169 Å². The Morgan fingerprint density at radius 2 is 1.90 bits per heavy atom. The molecule has 30 heavy (non-hydrogen) atoms. The molecule has 10 nitrogen and oxygen atoms in total. The van der Waals surface area contributed by atoms with Crippen LogP contribution in [-0.2, 0) is 13.6 Å². The van der Waals surface area contributed by atoms with Crippen LogP contribution in [-0.4, -0.2) is 28.9 Å². The van der Waals surface area contributed by atoms with E-state index in [9.17, 15) is 9.59 Å². The lowest BCUT2D eigenvalue weighted by Crippen LogP contribution is -2.31. The second-order valence-corrected chi connectivity index (χ2v) is 7.47. The van der Waals surface area contributed by atoms with Crippen molar-refractivity contribution >= 4 is 11.2 Å². The van der Waals surface area contributed by atoms with Gasteiger partial charge in [-0.2, -0.15) is 9.94 Å². The van der Waals surface area contributed by atoms with Gasteiger partial charge in [0.1, 0.15) is 12.9 Å². The molecule has 1 aromatic carbocycles. The van der Waals surface area contributed by atoms with Gasteiger partial charge in [-0.05, 0) is 36.5 Å². The normalized spacial score (nSPS) is 18.3. The van der Waals surface area contributed by atoms with E-state index in [0.29, 0.717) is 22.6 Å². The molecule has 0 amide bonds. The first-order valence-electron chi connectivity index (χ1n) is 9.48. The van der Waals surface area contributed by atoms with Crippen LogP contribution in [0.5, 0.6) is 0 Å². The lowest BCUT2D eigenvalue weighted by atomic mass is 9.76. The molecule has 0 bridgehead atoms. The highest BCUT2D eigenvalue weighted by molar-refractivity contribution is 5.68. The molecule has 4 aromatic rings. The number of nitriles is 1. The Kier molecular flexibility index (Phi) is 4.10. The zero-order chi connectivity index (χ0) is 20.8. The molecule has 1 aliphatic rings. The van der Waals surface area contributed by atoms with Gasteiger partial charge in [-0.1, -0.05) is 12.1 Å². The topological polar surface area (TPSA) is 125 Å². The first-order valence-corrected chi connectivity index (χ1v) is 9.48. The van der Waals surface area contributed by atoms with Gasteiger partial charge in [-0.15, -0.1) is 5.10 Å². The third-order valence-corrected chi connectivity index (χ3v) is 5.59. The summed E-state index contributed by atoms with van der Waals surface area (Å²) >= 11 is 0. The molecule has 0 atom stereocenters. The highest BCUT2D eigenvalue weighted by Gasteiger charge is 2.34. The third kappa shape index (κ3) is 2.91.